The Bertz CT molecular complexity index is 603. The number of furan rings is 1. The molecule has 1 heterocycles. The average molecular weight is 274 g/mol. The minimum Gasteiger partial charge on any atom is -0.496 e. The Kier molecular flexibility index (Phi) is 4.72. The molecule has 20 heavy (non-hydrogen) atoms. The zero-order valence-corrected chi connectivity index (χ0v) is 12.2. The first-order chi connectivity index (χ1) is 9.69. The van der Waals surface area contributed by atoms with Gasteiger partial charge in [-0.25, -0.2) is 0 Å². The molecule has 0 aliphatic heterocycles. The third-order valence-electron chi connectivity index (χ3n) is 3.16. The number of hydrogen-bond donors (Lipinski definition) is 0. The number of ketones is 1. The molecule has 2 rings (SSSR count). The highest BCUT2D eigenvalue weighted by Gasteiger charge is 2.15. The lowest BCUT2D eigenvalue weighted by atomic mass is 9.99. The fourth-order valence-corrected chi connectivity index (χ4v) is 1.96. The molecule has 0 amide bonds. The number of rotatable bonds is 7. The summed E-state index contributed by atoms with van der Waals surface area (Å²) < 4.78 is 16.6. The van der Waals surface area contributed by atoms with Crippen molar-refractivity contribution in [2.24, 2.45) is 0 Å². The second kappa shape index (κ2) is 6.50. The third-order valence-corrected chi connectivity index (χ3v) is 3.16. The summed E-state index contributed by atoms with van der Waals surface area (Å²) >= 11 is 0. The van der Waals surface area contributed by atoms with Gasteiger partial charge in [-0.1, -0.05) is 13.3 Å². The molecule has 0 aliphatic carbocycles. The molecule has 0 saturated heterocycles. The number of fused-ring (bicyclic) bond motifs is 1. The molecule has 4 nitrogen and oxygen atoms in total. The summed E-state index contributed by atoms with van der Waals surface area (Å²) in [5.41, 5.74) is 0.618. The Morgan fingerprint density at radius 1 is 1.35 bits per heavy atom. The highest BCUT2D eigenvalue weighted by molar-refractivity contribution is 6.23. The number of carbonyl (C=O) groups is 1. The molecule has 5 heteroatoms. The van der Waals surface area contributed by atoms with E-state index in [0.717, 1.165) is 18.2 Å². The fourth-order valence-electron chi connectivity index (χ4n) is 1.96. The first-order valence-electron chi connectivity index (χ1n) is 6.97. The van der Waals surface area contributed by atoms with Gasteiger partial charge in [-0.15, -0.1) is 0 Å². The van der Waals surface area contributed by atoms with E-state index in [2.05, 4.69) is 6.92 Å². The zero-order chi connectivity index (χ0) is 14.5. The van der Waals surface area contributed by atoms with Gasteiger partial charge in [-0.3, -0.25) is 4.79 Å². The SMILES string of the molecule is BCC(=O)c1cc2c(OCCCC)cc(OC)cc2o1. The maximum absolute atomic E-state index is 11.7. The van der Waals surface area contributed by atoms with Crippen molar-refractivity contribution >= 4 is 24.6 Å². The van der Waals surface area contributed by atoms with Gasteiger partial charge in [0.15, 0.2) is 11.5 Å². The van der Waals surface area contributed by atoms with Crippen LogP contribution in [0.4, 0.5) is 0 Å². The molecule has 0 unspecified atom stereocenters. The Hall–Kier alpha value is -1.91. The van der Waals surface area contributed by atoms with Crippen LogP contribution in [0.1, 0.15) is 30.3 Å². The van der Waals surface area contributed by atoms with Gasteiger partial charge in [0.1, 0.15) is 24.9 Å². The largest absolute Gasteiger partial charge is 0.496 e. The maximum Gasteiger partial charge on any atom is 0.190 e. The Labute approximate surface area is 119 Å². The molecule has 0 bridgehead atoms. The lowest BCUT2D eigenvalue weighted by Crippen LogP contribution is -1.97. The molecule has 0 radical (unpaired) electrons. The molecule has 0 spiro atoms. The topological polar surface area (TPSA) is 48.7 Å². The van der Waals surface area contributed by atoms with E-state index >= 15 is 0 Å². The Morgan fingerprint density at radius 2 is 2.15 bits per heavy atom. The Balaban J connectivity index is 2.41. The van der Waals surface area contributed by atoms with Crippen LogP contribution < -0.4 is 9.47 Å². The standard InChI is InChI=1S/C15H19BO4/c1-3-4-5-19-13-6-10(18-2)7-14-11(13)8-15(20-14)12(17)9-16/h6-8H,3-5,9,16H2,1-2H3. The van der Waals surface area contributed by atoms with Crippen LogP contribution in [0.5, 0.6) is 11.5 Å². The number of carbonyl (C=O) groups excluding carboxylic acids is 1. The first kappa shape index (κ1) is 14.5. The van der Waals surface area contributed by atoms with Gasteiger partial charge in [0.2, 0.25) is 0 Å². The van der Waals surface area contributed by atoms with E-state index in [1.807, 2.05) is 13.9 Å². The normalized spacial score (nSPS) is 10.7. The quantitative estimate of drug-likeness (QED) is 0.442. The van der Waals surface area contributed by atoms with Crippen molar-refractivity contribution in [2.75, 3.05) is 13.7 Å². The number of benzene rings is 1. The molecular formula is C15H19BO4. The highest BCUT2D eigenvalue weighted by atomic mass is 16.5. The molecule has 0 N–H and O–H groups in total. The van der Waals surface area contributed by atoms with Crippen molar-refractivity contribution < 1.29 is 18.7 Å². The van der Waals surface area contributed by atoms with E-state index in [0.29, 0.717) is 35.8 Å². The van der Waals surface area contributed by atoms with Crippen LogP contribution in [0.2, 0.25) is 6.32 Å². The summed E-state index contributed by atoms with van der Waals surface area (Å²) in [7, 11) is 3.41. The first-order valence-corrected chi connectivity index (χ1v) is 6.97. The molecule has 0 saturated carbocycles. The molecule has 0 aliphatic rings. The van der Waals surface area contributed by atoms with Crippen LogP contribution in [0.25, 0.3) is 11.0 Å². The fraction of sp³-hybridized carbons (Fsp3) is 0.400. The number of ether oxygens (including phenoxy) is 2. The summed E-state index contributed by atoms with van der Waals surface area (Å²) in [5, 5.41) is 0.818. The maximum atomic E-state index is 11.7. The number of unbranched alkanes of at least 4 members (excludes halogenated alkanes) is 1. The van der Waals surface area contributed by atoms with Crippen molar-refractivity contribution in [3.8, 4) is 11.5 Å². The van der Waals surface area contributed by atoms with Gasteiger partial charge in [-0.05, 0) is 18.8 Å². The number of Topliss-reactive ketones (excluding diaryl/α,β-unsaturated/α-hetero) is 1. The number of methoxy groups -OCH3 is 1. The molecular weight excluding hydrogens is 255 g/mol. The second-order valence-corrected chi connectivity index (χ2v) is 4.63. The number of hydrogen-bond acceptors (Lipinski definition) is 4. The summed E-state index contributed by atoms with van der Waals surface area (Å²) in [6.07, 6.45) is 2.47. The summed E-state index contributed by atoms with van der Waals surface area (Å²) in [6.45, 7) is 2.75. The van der Waals surface area contributed by atoms with E-state index in [1.54, 1.807) is 19.2 Å². The van der Waals surface area contributed by atoms with Gasteiger partial charge in [0.25, 0.3) is 0 Å². The van der Waals surface area contributed by atoms with Gasteiger partial charge >= 0.3 is 0 Å². The van der Waals surface area contributed by atoms with Crippen molar-refractivity contribution in [1.82, 2.24) is 0 Å². The molecule has 0 atom stereocenters. The average Bonchev–Trinajstić information content (AvgIpc) is 2.90. The van der Waals surface area contributed by atoms with Crippen LogP contribution in [0, 0.1) is 0 Å². The summed E-state index contributed by atoms with van der Waals surface area (Å²) in [5.74, 6) is 1.72. The minimum absolute atomic E-state index is 0.0142. The summed E-state index contributed by atoms with van der Waals surface area (Å²) in [4.78, 5) is 11.7. The van der Waals surface area contributed by atoms with Crippen LogP contribution in [0.15, 0.2) is 22.6 Å². The van der Waals surface area contributed by atoms with Gasteiger partial charge in [0, 0.05) is 12.1 Å². The van der Waals surface area contributed by atoms with Gasteiger partial charge in [0.05, 0.1) is 19.1 Å². The van der Waals surface area contributed by atoms with E-state index in [1.165, 1.54) is 0 Å². The van der Waals surface area contributed by atoms with E-state index in [-0.39, 0.29) is 5.78 Å². The molecule has 1 aromatic heterocycles. The molecule has 106 valence electrons. The van der Waals surface area contributed by atoms with Crippen LogP contribution in [-0.4, -0.2) is 27.3 Å². The molecule has 0 fully saturated rings. The minimum atomic E-state index is -0.0142. The molecule has 2 aromatic rings. The predicted octanol–water partition coefficient (Wildman–Crippen LogP) is 2.85. The van der Waals surface area contributed by atoms with Crippen molar-refractivity contribution in [3.63, 3.8) is 0 Å². The van der Waals surface area contributed by atoms with E-state index in [9.17, 15) is 4.79 Å². The van der Waals surface area contributed by atoms with Gasteiger partial charge in [-0.2, -0.15) is 0 Å². The monoisotopic (exact) mass is 274 g/mol. The zero-order valence-electron chi connectivity index (χ0n) is 12.2. The van der Waals surface area contributed by atoms with Crippen LogP contribution in [-0.2, 0) is 0 Å². The van der Waals surface area contributed by atoms with E-state index in [4.69, 9.17) is 13.9 Å². The van der Waals surface area contributed by atoms with Gasteiger partial charge < -0.3 is 13.9 Å². The smallest absolute Gasteiger partial charge is 0.190 e. The summed E-state index contributed by atoms with van der Waals surface area (Å²) in [6, 6.07) is 5.35. The molecule has 1 aromatic carbocycles. The third kappa shape index (κ3) is 2.98. The van der Waals surface area contributed by atoms with Crippen molar-refractivity contribution in [3.05, 3.63) is 24.0 Å². The van der Waals surface area contributed by atoms with E-state index < -0.39 is 0 Å². The van der Waals surface area contributed by atoms with Crippen molar-refractivity contribution in [1.29, 1.82) is 0 Å². The lowest BCUT2D eigenvalue weighted by Gasteiger charge is -2.08. The Morgan fingerprint density at radius 3 is 2.80 bits per heavy atom. The lowest BCUT2D eigenvalue weighted by molar-refractivity contribution is 0.0989. The second-order valence-electron chi connectivity index (χ2n) is 4.63. The van der Waals surface area contributed by atoms with Crippen molar-refractivity contribution in [2.45, 2.75) is 26.1 Å². The van der Waals surface area contributed by atoms with Crippen LogP contribution >= 0.6 is 0 Å². The highest BCUT2D eigenvalue weighted by Crippen LogP contribution is 2.34. The predicted molar refractivity (Wildman–Crippen MR) is 80.9 cm³/mol. The van der Waals surface area contributed by atoms with Crippen LogP contribution in [0.3, 0.4) is 0 Å².